The van der Waals surface area contributed by atoms with Crippen molar-refractivity contribution in [2.24, 2.45) is 4.99 Å². The van der Waals surface area contributed by atoms with Gasteiger partial charge in [-0.15, -0.1) is 11.3 Å². The number of rotatable bonds is 10. The maximum Gasteiger partial charge on any atom is 0.298 e. The van der Waals surface area contributed by atoms with Crippen molar-refractivity contribution in [3.8, 4) is 17.0 Å². The van der Waals surface area contributed by atoms with Crippen LogP contribution in [0.25, 0.3) is 11.3 Å². The summed E-state index contributed by atoms with van der Waals surface area (Å²) in [6.45, 7) is 6.98. The normalized spacial score (nSPS) is 11.6. The van der Waals surface area contributed by atoms with E-state index in [1.807, 2.05) is 61.1 Å². The van der Waals surface area contributed by atoms with Crippen LogP contribution in [-0.2, 0) is 16.1 Å². The van der Waals surface area contributed by atoms with Crippen LogP contribution in [0, 0.1) is 6.92 Å². The molecule has 0 aliphatic rings. The quantitative estimate of drug-likeness (QED) is 0.446. The summed E-state index contributed by atoms with van der Waals surface area (Å²) >= 11 is 1.39. The number of aromatic nitrogens is 2. The lowest BCUT2D eigenvalue weighted by Gasteiger charge is -2.12. The SMILES string of the molecule is COCC(=O)NCCCn1c(-c2ccc(OC(C)C)cc2)csc1=NC(=O)c1ccc(C)cn1. The molecule has 0 unspecified atom stereocenters. The standard InChI is InChI=1S/C25H30N4O4S/c1-17(2)33-20-9-7-19(8-10-20)22-16-34-25(28-24(31)21-11-6-18(3)14-27-21)29(22)13-5-12-26-23(30)15-32-4/h6-11,14,16-17H,5,12-13,15H2,1-4H3,(H,26,30). The lowest BCUT2D eigenvalue weighted by atomic mass is 10.1. The molecule has 0 aliphatic carbocycles. The second-order valence-electron chi connectivity index (χ2n) is 8.02. The molecular formula is C25H30N4O4S. The second kappa shape index (κ2) is 12.2. The van der Waals surface area contributed by atoms with Crippen molar-refractivity contribution in [2.75, 3.05) is 20.3 Å². The smallest absolute Gasteiger partial charge is 0.298 e. The first-order valence-corrected chi connectivity index (χ1v) is 12.0. The van der Waals surface area contributed by atoms with Crippen LogP contribution < -0.4 is 14.9 Å². The van der Waals surface area contributed by atoms with Crippen LogP contribution in [0.3, 0.4) is 0 Å². The fraction of sp³-hybridized carbons (Fsp3) is 0.360. The minimum atomic E-state index is -0.392. The number of thiazole rings is 1. The molecule has 180 valence electrons. The Balaban J connectivity index is 1.87. The van der Waals surface area contributed by atoms with E-state index in [0.29, 0.717) is 30.0 Å². The minimum Gasteiger partial charge on any atom is -0.491 e. The molecule has 2 aromatic heterocycles. The van der Waals surface area contributed by atoms with Crippen molar-refractivity contribution >= 4 is 23.2 Å². The second-order valence-corrected chi connectivity index (χ2v) is 8.86. The van der Waals surface area contributed by atoms with E-state index in [1.54, 1.807) is 12.3 Å². The maximum atomic E-state index is 12.7. The van der Waals surface area contributed by atoms with Gasteiger partial charge in [0.05, 0.1) is 11.8 Å². The van der Waals surface area contributed by atoms with Gasteiger partial charge >= 0.3 is 0 Å². The third-order valence-electron chi connectivity index (χ3n) is 4.80. The van der Waals surface area contributed by atoms with E-state index < -0.39 is 5.91 Å². The van der Waals surface area contributed by atoms with Gasteiger partial charge in [0, 0.05) is 31.8 Å². The lowest BCUT2D eigenvalue weighted by Crippen LogP contribution is -2.29. The molecule has 9 heteroatoms. The van der Waals surface area contributed by atoms with Gasteiger partial charge in [0.25, 0.3) is 5.91 Å². The molecule has 0 saturated carbocycles. The summed E-state index contributed by atoms with van der Waals surface area (Å²) in [7, 11) is 1.48. The molecule has 3 aromatic rings. The number of benzene rings is 1. The van der Waals surface area contributed by atoms with Gasteiger partial charge in [0.2, 0.25) is 5.91 Å². The third kappa shape index (κ3) is 7.10. The van der Waals surface area contributed by atoms with E-state index in [2.05, 4.69) is 15.3 Å². The number of pyridine rings is 1. The highest BCUT2D eigenvalue weighted by molar-refractivity contribution is 7.07. The Morgan fingerprint density at radius 1 is 1.18 bits per heavy atom. The zero-order valence-corrected chi connectivity index (χ0v) is 20.7. The van der Waals surface area contributed by atoms with Crippen LogP contribution in [0.15, 0.2) is 53.0 Å². The van der Waals surface area contributed by atoms with Gasteiger partial charge in [0.1, 0.15) is 18.1 Å². The molecule has 2 amide bonds. The molecule has 0 fully saturated rings. The maximum absolute atomic E-state index is 12.7. The number of methoxy groups -OCH3 is 1. The highest BCUT2D eigenvalue weighted by Crippen LogP contribution is 2.24. The highest BCUT2D eigenvalue weighted by atomic mass is 32.1. The molecule has 0 spiro atoms. The van der Waals surface area contributed by atoms with Crippen molar-refractivity contribution in [3.63, 3.8) is 0 Å². The Kier molecular flexibility index (Phi) is 9.12. The van der Waals surface area contributed by atoms with Crippen molar-refractivity contribution < 1.29 is 19.1 Å². The summed E-state index contributed by atoms with van der Waals surface area (Å²) in [5.74, 6) is 0.243. The van der Waals surface area contributed by atoms with Gasteiger partial charge in [0.15, 0.2) is 4.80 Å². The van der Waals surface area contributed by atoms with E-state index in [0.717, 1.165) is 22.6 Å². The van der Waals surface area contributed by atoms with E-state index in [4.69, 9.17) is 9.47 Å². The summed E-state index contributed by atoms with van der Waals surface area (Å²) in [6, 6.07) is 11.4. The number of nitrogens with one attached hydrogen (secondary N) is 1. The predicted octanol–water partition coefficient (Wildman–Crippen LogP) is 3.60. The van der Waals surface area contributed by atoms with Gasteiger partial charge < -0.3 is 19.4 Å². The van der Waals surface area contributed by atoms with E-state index >= 15 is 0 Å². The van der Waals surface area contributed by atoms with Crippen LogP contribution in [-0.4, -0.2) is 47.7 Å². The first-order valence-electron chi connectivity index (χ1n) is 11.1. The Morgan fingerprint density at radius 3 is 2.59 bits per heavy atom. The molecular weight excluding hydrogens is 452 g/mol. The van der Waals surface area contributed by atoms with E-state index in [9.17, 15) is 9.59 Å². The largest absolute Gasteiger partial charge is 0.491 e. The zero-order chi connectivity index (χ0) is 24.5. The number of nitrogens with zero attached hydrogens (tertiary/aromatic N) is 3. The van der Waals surface area contributed by atoms with Crippen molar-refractivity contribution in [3.05, 3.63) is 64.0 Å². The lowest BCUT2D eigenvalue weighted by molar-refractivity contribution is -0.124. The Bertz CT molecular complexity index is 1160. The fourth-order valence-corrected chi connectivity index (χ4v) is 4.16. The molecule has 3 rings (SSSR count). The molecule has 0 bridgehead atoms. The van der Waals surface area contributed by atoms with Crippen molar-refractivity contribution in [1.82, 2.24) is 14.9 Å². The average molecular weight is 483 g/mol. The van der Waals surface area contributed by atoms with Gasteiger partial charge in [-0.3, -0.25) is 14.6 Å². The molecule has 2 heterocycles. The summed E-state index contributed by atoms with van der Waals surface area (Å²) < 4.78 is 12.6. The van der Waals surface area contributed by atoms with Crippen molar-refractivity contribution in [1.29, 1.82) is 0 Å². The summed E-state index contributed by atoms with van der Waals surface area (Å²) in [5.41, 5.74) is 3.20. The van der Waals surface area contributed by atoms with Crippen molar-refractivity contribution in [2.45, 2.75) is 39.8 Å². The Labute approximate surface area is 203 Å². The number of carbonyl (C=O) groups is 2. The number of amides is 2. The molecule has 0 atom stereocenters. The fourth-order valence-electron chi connectivity index (χ4n) is 3.23. The zero-order valence-electron chi connectivity index (χ0n) is 19.9. The minimum absolute atomic E-state index is 0.0281. The van der Waals surface area contributed by atoms with Gasteiger partial charge in [-0.1, -0.05) is 6.07 Å². The summed E-state index contributed by atoms with van der Waals surface area (Å²) in [5, 5.41) is 4.81. The highest BCUT2D eigenvalue weighted by Gasteiger charge is 2.12. The summed E-state index contributed by atoms with van der Waals surface area (Å²) in [6.07, 6.45) is 2.41. The van der Waals surface area contributed by atoms with Crippen LogP contribution >= 0.6 is 11.3 Å². The first-order chi connectivity index (χ1) is 16.4. The predicted molar refractivity (Wildman–Crippen MR) is 132 cm³/mol. The van der Waals surface area contributed by atoms with E-state index in [-0.39, 0.29) is 18.6 Å². The van der Waals surface area contributed by atoms with Crippen LogP contribution in [0.2, 0.25) is 0 Å². The number of carbonyl (C=O) groups excluding carboxylic acids is 2. The van der Waals surface area contributed by atoms with Gasteiger partial charge in [-0.05, 0) is 68.7 Å². The topological polar surface area (TPSA) is 94.8 Å². The Hall–Kier alpha value is -3.30. The molecule has 1 N–H and O–H groups in total. The van der Waals surface area contributed by atoms with E-state index in [1.165, 1.54) is 18.4 Å². The molecule has 8 nitrogen and oxygen atoms in total. The molecule has 0 saturated heterocycles. The summed E-state index contributed by atoms with van der Waals surface area (Å²) in [4.78, 5) is 33.5. The number of hydrogen-bond acceptors (Lipinski definition) is 6. The van der Waals surface area contributed by atoms with Crippen LogP contribution in [0.4, 0.5) is 0 Å². The van der Waals surface area contributed by atoms with Gasteiger partial charge in [-0.25, -0.2) is 0 Å². The van der Waals surface area contributed by atoms with Gasteiger partial charge in [-0.2, -0.15) is 4.99 Å². The number of aryl methyl sites for hydroxylation is 1. The molecule has 1 aromatic carbocycles. The molecule has 0 radical (unpaired) electrons. The number of ether oxygens (including phenoxy) is 2. The number of hydrogen-bond donors (Lipinski definition) is 1. The van der Waals surface area contributed by atoms with Crippen LogP contribution in [0.1, 0.15) is 36.3 Å². The average Bonchev–Trinajstić information content (AvgIpc) is 3.19. The third-order valence-corrected chi connectivity index (χ3v) is 5.67. The monoisotopic (exact) mass is 482 g/mol. The first kappa shape index (κ1) is 25.3. The van der Waals surface area contributed by atoms with Crippen LogP contribution in [0.5, 0.6) is 5.75 Å². The molecule has 34 heavy (non-hydrogen) atoms. The Morgan fingerprint density at radius 2 is 1.94 bits per heavy atom. The molecule has 0 aliphatic heterocycles.